The number of carbonyl (C=O) groups is 2. The van der Waals surface area contributed by atoms with Gasteiger partial charge >= 0.3 is 0 Å². The van der Waals surface area contributed by atoms with Crippen molar-refractivity contribution < 1.29 is 23.6 Å². The lowest BCUT2D eigenvalue weighted by Gasteiger charge is -2.11. The Morgan fingerprint density at radius 3 is 2.56 bits per heavy atom. The highest BCUT2D eigenvalue weighted by Crippen LogP contribution is 2.23. The van der Waals surface area contributed by atoms with Crippen LogP contribution in [0, 0.1) is 5.82 Å². The highest BCUT2D eigenvalue weighted by atomic mass is 19.1. The Hall–Kier alpha value is -4.25. The molecule has 10 nitrogen and oxygen atoms in total. The second-order valence-corrected chi connectivity index (χ2v) is 6.35. The molecule has 0 saturated carbocycles. The first-order valence-electron chi connectivity index (χ1n) is 9.42. The normalized spacial score (nSPS) is 10.2. The predicted molar refractivity (Wildman–Crippen MR) is 115 cm³/mol. The highest BCUT2D eigenvalue weighted by Gasteiger charge is 2.11. The fraction of sp³-hybridized carbons (Fsp3) is 0.143. The van der Waals surface area contributed by atoms with E-state index in [2.05, 4.69) is 36.2 Å². The van der Waals surface area contributed by atoms with E-state index in [1.54, 1.807) is 42.5 Å². The van der Waals surface area contributed by atoms with Gasteiger partial charge in [-0.25, -0.2) is 14.9 Å². The van der Waals surface area contributed by atoms with Crippen LogP contribution in [-0.2, 0) is 9.63 Å². The van der Waals surface area contributed by atoms with Crippen molar-refractivity contribution in [2.45, 2.75) is 0 Å². The van der Waals surface area contributed by atoms with Gasteiger partial charge in [-0.2, -0.15) is 4.98 Å². The molecule has 0 aliphatic heterocycles. The molecule has 11 heteroatoms. The molecule has 0 fully saturated rings. The number of carbonyl (C=O) groups excluding carboxylic acids is 2. The molecule has 0 bridgehead atoms. The van der Waals surface area contributed by atoms with E-state index in [9.17, 15) is 14.0 Å². The van der Waals surface area contributed by atoms with Crippen molar-refractivity contribution in [3.05, 3.63) is 66.1 Å². The summed E-state index contributed by atoms with van der Waals surface area (Å²) in [6.07, 6.45) is 1.02. The molecule has 0 aliphatic carbocycles. The Kier molecular flexibility index (Phi) is 7.49. The molecule has 166 valence electrons. The summed E-state index contributed by atoms with van der Waals surface area (Å²) >= 11 is 0. The number of hydrogen-bond acceptors (Lipinski definition) is 8. The molecule has 0 atom stereocenters. The Morgan fingerprint density at radius 1 is 1.06 bits per heavy atom. The van der Waals surface area contributed by atoms with E-state index in [-0.39, 0.29) is 24.3 Å². The van der Waals surface area contributed by atoms with Crippen molar-refractivity contribution in [2.75, 3.05) is 31.4 Å². The number of ether oxygens (including phenoxy) is 1. The number of amides is 2. The molecule has 0 radical (unpaired) electrons. The Morgan fingerprint density at radius 2 is 1.81 bits per heavy atom. The summed E-state index contributed by atoms with van der Waals surface area (Å²) in [5.41, 5.74) is 3.56. The number of benzene rings is 2. The number of anilines is 4. The highest BCUT2D eigenvalue weighted by molar-refractivity contribution is 5.94. The zero-order valence-electron chi connectivity index (χ0n) is 17.3. The van der Waals surface area contributed by atoms with Crippen LogP contribution < -0.4 is 26.2 Å². The molecule has 2 amide bonds. The molecule has 1 aromatic heterocycles. The van der Waals surface area contributed by atoms with Crippen LogP contribution in [0.1, 0.15) is 10.4 Å². The van der Waals surface area contributed by atoms with E-state index in [1.165, 1.54) is 20.2 Å². The van der Waals surface area contributed by atoms with Crippen molar-refractivity contribution in [3.63, 3.8) is 0 Å². The van der Waals surface area contributed by atoms with E-state index < -0.39 is 11.7 Å². The largest absolute Gasteiger partial charge is 0.484 e. The molecule has 4 N–H and O–H groups in total. The van der Waals surface area contributed by atoms with Gasteiger partial charge < -0.3 is 20.7 Å². The summed E-state index contributed by atoms with van der Waals surface area (Å²) in [5.74, 6) is -0.871. The first-order chi connectivity index (χ1) is 15.5. The average molecular weight is 440 g/mol. The number of nitrogens with zero attached hydrogens (tertiary/aromatic N) is 2. The summed E-state index contributed by atoms with van der Waals surface area (Å²) in [4.78, 5) is 35.9. The third-order valence-corrected chi connectivity index (χ3v) is 4.07. The minimum atomic E-state index is -0.676. The SMILES string of the molecule is CNC(=O)COc1cccc(Nc2ncc(F)c(Nc3cccc(C(=O)NOC)c3)n2)c1. The number of hydrogen-bond donors (Lipinski definition) is 4. The van der Waals surface area contributed by atoms with Crippen LogP contribution in [0.25, 0.3) is 0 Å². The van der Waals surface area contributed by atoms with E-state index in [0.29, 0.717) is 22.7 Å². The lowest BCUT2D eigenvalue weighted by molar-refractivity contribution is -0.122. The maximum absolute atomic E-state index is 14.3. The molecule has 2 aromatic carbocycles. The Bertz CT molecular complexity index is 1110. The maximum atomic E-state index is 14.3. The smallest absolute Gasteiger partial charge is 0.274 e. The second kappa shape index (κ2) is 10.7. The lowest BCUT2D eigenvalue weighted by atomic mass is 10.2. The quantitative estimate of drug-likeness (QED) is 0.374. The second-order valence-electron chi connectivity index (χ2n) is 6.35. The van der Waals surface area contributed by atoms with Crippen LogP contribution in [-0.4, -0.2) is 42.5 Å². The number of rotatable bonds is 9. The van der Waals surface area contributed by atoms with Gasteiger partial charge in [0, 0.05) is 30.1 Å². The third kappa shape index (κ3) is 6.12. The molecule has 0 aliphatic rings. The third-order valence-electron chi connectivity index (χ3n) is 4.07. The van der Waals surface area contributed by atoms with Crippen LogP contribution in [0.4, 0.5) is 27.5 Å². The van der Waals surface area contributed by atoms with Gasteiger partial charge in [-0.15, -0.1) is 0 Å². The molecule has 1 heterocycles. The number of likely N-dealkylation sites (N-methyl/N-ethyl adjacent to an activating group) is 1. The van der Waals surface area contributed by atoms with Crippen LogP contribution in [0.2, 0.25) is 0 Å². The van der Waals surface area contributed by atoms with Crippen molar-refractivity contribution in [2.24, 2.45) is 0 Å². The first kappa shape index (κ1) is 22.4. The maximum Gasteiger partial charge on any atom is 0.274 e. The predicted octanol–water partition coefficient (Wildman–Crippen LogP) is 2.52. The standard InChI is InChI=1S/C21H21FN6O4/c1-23-18(29)12-32-16-8-4-7-15(10-16)26-21-24-11-17(22)19(27-21)25-14-6-3-5-13(9-14)20(30)28-31-2/h3-11H,12H2,1-2H3,(H,23,29)(H,28,30)(H2,24,25,26,27). The van der Waals surface area contributed by atoms with Gasteiger partial charge in [-0.1, -0.05) is 12.1 Å². The molecule has 32 heavy (non-hydrogen) atoms. The van der Waals surface area contributed by atoms with Crippen molar-refractivity contribution in [3.8, 4) is 5.75 Å². The van der Waals surface area contributed by atoms with Crippen molar-refractivity contribution in [1.29, 1.82) is 0 Å². The van der Waals surface area contributed by atoms with E-state index >= 15 is 0 Å². The van der Waals surface area contributed by atoms with E-state index in [4.69, 9.17) is 4.74 Å². The Labute approximate surface area is 183 Å². The molecule has 0 saturated heterocycles. The van der Waals surface area contributed by atoms with Gasteiger partial charge in [0.15, 0.2) is 18.2 Å². The molecule has 3 rings (SSSR count). The molecule has 0 unspecified atom stereocenters. The number of aromatic nitrogens is 2. The summed E-state index contributed by atoms with van der Waals surface area (Å²) in [7, 11) is 2.85. The molecular formula is C21H21FN6O4. The fourth-order valence-electron chi connectivity index (χ4n) is 2.56. The van der Waals surface area contributed by atoms with Gasteiger partial charge in [0.1, 0.15) is 5.75 Å². The van der Waals surface area contributed by atoms with Crippen LogP contribution in [0.3, 0.4) is 0 Å². The summed E-state index contributed by atoms with van der Waals surface area (Å²) < 4.78 is 19.7. The number of hydroxylamine groups is 1. The summed E-state index contributed by atoms with van der Waals surface area (Å²) in [6.45, 7) is -0.122. The first-order valence-corrected chi connectivity index (χ1v) is 9.42. The van der Waals surface area contributed by atoms with Gasteiger partial charge in [0.05, 0.1) is 13.3 Å². The summed E-state index contributed by atoms with van der Waals surface area (Å²) in [6, 6.07) is 13.2. The van der Waals surface area contributed by atoms with E-state index in [0.717, 1.165) is 6.20 Å². The zero-order valence-corrected chi connectivity index (χ0v) is 17.3. The number of nitrogens with one attached hydrogen (secondary N) is 4. The summed E-state index contributed by atoms with van der Waals surface area (Å²) in [5, 5.41) is 8.25. The lowest BCUT2D eigenvalue weighted by Crippen LogP contribution is -2.24. The van der Waals surface area contributed by atoms with Crippen molar-refractivity contribution >= 4 is 35.0 Å². The van der Waals surface area contributed by atoms with E-state index in [1.807, 2.05) is 0 Å². The van der Waals surface area contributed by atoms with Crippen LogP contribution in [0.5, 0.6) is 5.75 Å². The molecule has 3 aromatic rings. The van der Waals surface area contributed by atoms with Gasteiger partial charge in [0.2, 0.25) is 5.95 Å². The molecule has 0 spiro atoms. The average Bonchev–Trinajstić information content (AvgIpc) is 2.80. The van der Waals surface area contributed by atoms with Crippen molar-refractivity contribution in [1.82, 2.24) is 20.8 Å². The minimum absolute atomic E-state index is 0.0844. The topological polar surface area (TPSA) is 126 Å². The molecular weight excluding hydrogens is 419 g/mol. The van der Waals surface area contributed by atoms with Gasteiger partial charge in [-0.3, -0.25) is 14.4 Å². The Balaban J connectivity index is 1.73. The van der Waals surface area contributed by atoms with Gasteiger partial charge in [-0.05, 0) is 30.3 Å². The zero-order chi connectivity index (χ0) is 22.9. The van der Waals surface area contributed by atoms with Gasteiger partial charge in [0.25, 0.3) is 11.8 Å². The monoisotopic (exact) mass is 440 g/mol. The minimum Gasteiger partial charge on any atom is -0.484 e. The number of halogens is 1. The van der Waals surface area contributed by atoms with Crippen LogP contribution in [0.15, 0.2) is 54.7 Å². The van der Waals surface area contributed by atoms with Crippen LogP contribution >= 0.6 is 0 Å². The fourth-order valence-corrected chi connectivity index (χ4v) is 2.56.